The summed E-state index contributed by atoms with van der Waals surface area (Å²) in [7, 11) is 1.50. The number of carbonyl (C=O) groups excluding carboxylic acids is 1. The fourth-order valence-corrected chi connectivity index (χ4v) is 2.91. The zero-order chi connectivity index (χ0) is 20.9. The number of hydrogen-bond donors (Lipinski definition) is 3. The molecule has 0 saturated carbocycles. The number of methoxy groups -OCH3 is 1. The minimum Gasteiger partial charge on any atom is -0.497 e. The van der Waals surface area contributed by atoms with Gasteiger partial charge in [0.15, 0.2) is 5.11 Å². The quantitative estimate of drug-likeness (QED) is 0.290. The van der Waals surface area contributed by atoms with Gasteiger partial charge in [-0.15, -0.1) is 0 Å². The average molecular weight is 502 g/mol. The summed E-state index contributed by atoms with van der Waals surface area (Å²) in [5, 5.41) is 9.06. The second kappa shape index (κ2) is 10.1. The maximum atomic E-state index is 12.5. The highest BCUT2D eigenvalue weighted by molar-refractivity contribution is 7.80. The zero-order valence-electron chi connectivity index (χ0n) is 14.2. The van der Waals surface area contributed by atoms with Crippen LogP contribution in [0.5, 0.6) is 5.75 Å². The van der Waals surface area contributed by atoms with Gasteiger partial charge in [-0.2, -0.15) is 0 Å². The van der Waals surface area contributed by atoms with Crippen molar-refractivity contribution in [3.8, 4) is 5.75 Å². The van der Waals surface area contributed by atoms with E-state index in [0.29, 0.717) is 27.0 Å². The predicted molar refractivity (Wildman–Crippen MR) is 120 cm³/mol. The molecule has 2 aromatic carbocycles. The molecule has 2 rings (SSSR count). The van der Waals surface area contributed by atoms with Gasteiger partial charge in [0.25, 0.3) is 5.91 Å². The first kappa shape index (κ1) is 23.1. The van der Waals surface area contributed by atoms with E-state index in [0.717, 1.165) is 0 Å². The summed E-state index contributed by atoms with van der Waals surface area (Å²) >= 11 is 35.0. The molecule has 28 heavy (non-hydrogen) atoms. The van der Waals surface area contributed by atoms with Crippen LogP contribution in [0.15, 0.2) is 42.5 Å². The summed E-state index contributed by atoms with van der Waals surface area (Å²) in [6, 6.07) is 11.4. The van der Waals surface area contributed by atoms with E-state index in [1.807, 2.05) is 0 Å². The van der Waals surface area contributed by atoms with Crippen LogP contribution in [0.4, 0.5) is 5.69 Å². The summed E-state index contributed by atoms with van der Waals surface area (Å²) in [5.74, 6) is 0.0305. The number of anilines is 1. The highest BCUT2D eigenvalue weighted by Crippen LogP contribution is 2.30. The Balaban J connectivity index is 2.09. The van der Waals surface area contributed by atoms with Crippen molar-refractivity contribution < 1.29 is 9.53 Å². The van der Waals surface area contributed by atoms with E-state index in [-0.39, 0.29) is 5.11 Å². The molecule has 0 saturated heterocycles. The van der Waals surface area contributed by atoms with E-state index < -0.39 is 15.9 Å². The maximum Gasteiger partial charge on any atom is 0.253 e. The van der Waals surface area contributed by atoms with Gasteiger partial charge in [0.2, 0.25) is 3.79 Å². The van der Waals surface area contributed by atoms with Crippen LogP contribution in [0.25, 0.3) is 0 Å². The number of hydrogen-bond acceptors (Lipinski definition) is 3. The van der Waals surface area contributed by atoms with Crippen molar-refractivity contribution in [1.82, 2.24) is 10.6 Å². The molecule has 2 aromatic rings. The number of nitrogens with one attached hydrogen (secondary N) is 3. The first-order valence-corrected chi connectivity index (χ1v) is 9.94. The smallest absolute Gasteiger partial charge is 0.253 e. The summed E-state index contributed by atoms with van der Waals surface area (Å²) in [6.07, 6.45) is -1.13. The molecule has 0 aromatic heterocycles. The molecule has 1 atom stereocenters. The Morgan fingerprint density at radius 2 is 1.79 bits per heavy atom. The van der Waals surface area contributed by atoms with Gasteiger partial charge in [0.1, 0.15) is 11.9 Å². The highest BCUT2D eigenvalue weighted by Gasteiger charge is 2.35. The molecule has 150 valence electrons. The van der Waals surface area contributed by atoms with Crippen LogP contribution in [0.2, 0.25) is 10.0 Å². The van der Waals surface area contributed by atoms with Crippen LogP contribution < -0.4 is 20.7 Å². The highest BCUT2D eigenvalue weighted by atomic mass is 35.6. The fourth-order valence-electron chi connectivity index (χ4n) is 2.05. The molecule has 0 aliphatic carbocycles. The Bertz CT molecular complexity index is 876. The first-order valence-electron chi connectivity index (χ1n) is 7.64. The normalized spacial score (nSPS) is 12.1. The summed E-state index contributed by atoms with van der Waals surface area (Å²) < 4.78 is 3.21. The Labute approximate surface area is 192 Å². The third-order valence-electron chi connectivity index (χ3n) is 3.39. The van der Waals surface area contributed by atoms with E-state index in [1.54, 1.807) is 42.5 Å². The SMILES string of the molecule is COc1cccc(C(=O)NC(NC(=S)Nc2ccc(Cl)c(Cl)c2)C(Cl)(Cl)Cl)c1. The van der Waals surface area contributed by atoms with E-state index in [1.165, 1.54) is 7.11 Å². The van der Waals surface area contributed by atoms with Gasteiger partial charge < -0.3 is 20.7 Å². The lowest BCUT2D eigenvalue weighted by molar-refractivity contribution is 0.0934. The Morgan fingerprint density at radius 3 is 2.39 bits per heavy atom. The zero-order valence-corrected chi connectivity index (χ0v) is 18.8. The second-order valence-electron chi connectivity index (χ2n) is 5.41. The van der Waals surface area contributed by atoms with Crippen LogP contribution >= 0.6 is 70.2 Å². The molecule has 5 nitrogen and oxygen atoms in total. The molecule has 0 bridgehead atoms. The first-order chi connectivity index (χ1) is 13.1. The van der Waals surface area contributed by atoms with Crippen molar-refractivity contribution in [2.75, 3.05) is 12.4 Å². The molecule has 0 aliphatic heterocycles. The molecule has 0 radical (unpaired) electrons. The second-order valence-corrected chi connectivity index (χ2v) is 9.00. The van der Waals surface area contributed by atoms with Crippen LogP contribution in [0.3, 0.4) is 0 Å². The van der Waals surface area contributed by atoms with Crippen molar-refractivity contribution in [3.05, 3.63) is 58.1 Å². The van der Waals surface area contributed by atoms with Gasteiger partial charge >= 0.3 is 0 Å². The molecule has 1 unspecified atom stereocenters. The number of thiocarbonyl (C=S) groups is 1. The molecule has 0 heterocycles. The Morgan fingerprint density at radius 1 is 1.07 bits per heavy atom. The molecule has 0 spiro atoms. The van der Waals surface area contributed by atoms with Crippen molar-refractivity contribution in [2.45, 2.75) is 9.96 Å². The number of alkyl halides is 3. The third kappa shape index (κ3) is 6.72. The third-order valence-corrected chi connectivity index (χ3v) is 5.00. The number of carbonyl (C=O) groups is 1. The van der Waals surface area contributed by atoms with E-state index in [4.69, 9.17) is 75.0 Å². The van der Waals surface area contributed by atoms with Crippen molar-refractivity contribution >= 4 is 86.9 Å². The van der Waals surface area contributed by atoms with Crippen LogP contribution in [0.1, 0.15) is 10.4 Å². The summed E-state index contributed by atoms with van der Waals surface area (Å²) in [6.45, 7) is 0. The van der Waals surface area contributed by atoms with Crippen molar-refractivity contribution in [1.29, 1.82) is 0 Å². The van der Waals surface area contributed by atoms with Gasteiger partial charge in [-0.05, 0) is 48.6 Å². The number of benzene rings is 2. The molecular weight excluding hydrogens is 488 g/mol. The van der Waals surface area contributed by atoms with Gasteiger partial charge in [-0.3, -0.25) is 4.79 Å². The lowest BCUT2D eigenvalue weighted by Crippen LogP contribution is -2.56. The van der Waals surface area contributed by atoms with E-state index in [9.17, 15) is 4.79 Å². The van der Waals surface area contributed by atoms with E-state index in [2.05, 4.69) is 16.0 Å². The fraction of sp³-hybridized carbons (Fsp3) is 0.176. The number of rotatable bonds is 5. The topological polar surface area (TPSA) is 62.4 Å². The number of ether oxygens (including phenoxy) is 1. The van der Waals surface area contributed by atoms with Crippen molar-refractivity contribution in [3.63, 3.8) is 0 Å². The predicted octanol–water partition coefficient (Wildman–Crippen LogP) is 5.41. The number of amides is 1. The lowest BCUT2D eigenvalue weighted by atomic mass is 10.2. The van der Waals surface area contributed by atoms with Crippen molar-refractivity contribution in [2.24, 2.45) is 0 Å². The van der Waals surface area contributed by atoms with Crippen LogP contribution in [0, 0.1) is 0 Å². The monoisotopic (exact) mass is 499 g/mol. The summed E-state index contributed by atoms with van der Waals surface area (Å²) in [4.78, 5) is 12.5. The molecule has 0 fully saturated rings. The molecule has 0 aliphatic rings. The van der Waals surface area contributed by atoms with Crippen LogP contribution in [-0.2, 0) is 0 Å². The van der Waals surface area contributed by atoms with Gasteiger partial charge in [-0.1, -0.05) is 64.1 Å². The van der Waals surface area contributed by atoms with Gasteiger partial charge in [-0.25, -0.2) is 0 Å². The summed E-state index contributed by atoms with van der Waals surface area (Å²) in [5.41, 5.74) is 0.887. The molecule has 3 N–H and O–H groups in total. The van der Waals surface area contributed by atoms with Gasteiger partial charge in [0, 0.05) is 11.3 Å². The van der Waals surface area contributed by atoms with Crippen LogP contribution in [-0.4, -0.2) is 28.1 Å². The minimum atomic E-state index is -1.89. The van der Waals surface area contributed by atoms with E-state index >= 15 is 0 Å². The lowest BCUT2D eigenvalue weighted by Gasteiger charge is -2.28. The number of halogens is 5. The maximum absolute atomic E-state index is 12.5. The molecular formula is C17H14Cl5N3O2S. The van der Waals surface area contributed by atoms with Gasteiger partial charge in [0.05, 0.1) is 17.2 Å². The Kier molecular flexibility index (Phi) is 8.30. The molecule has 11 heteroatoms. The minimum absolute atomic E-state index is 0.0978. The standard InChI is InChI=1S/C17H14Cl5N3O2S/c1-27-11-4-2-3-9(7-11)14(26)24-15(17(20,21)22)25-16(28)23-10-5-6-12(18)13(19)8-10/h2-8,15H,1H3,(H,24,26)(H2,23,25,28). The molecule has 1 amide bonds. The Hall–Kier alpha value is -1.15. The largest absolute Gasteiger partial charge is 0.497 e. The average Bonchev–Trinajstić information content (AvgIpc) is 2.63.